The first-order valence-corrected chi connectivity index (χ1v) is 20.0. The van der Waals surface area contributed by atoms with E-state index in [-0.39, 0.29) is 0 Å². The fraction of sp³-hybridized carbons (Fsp3) is 0.0556. The van der Waals surface area contributed by atoms with E-state index in [2.05, 4.69) is 166 Å². The van der Waals surface area contributed by atoms with E-state index < -0.39 is 0 Å². The summed E-state index contributed by atoms with van der Waals surface area (Å²) in [5, 5.41) is 2.21. The summed E-state index contributed by atoms with van der Waals surface area (Å²) in [5.74, 6) is 2.20. The molecule has 0 spiro atoms. The van der Waals surface area contributed by atoms with Gasteiger partial charge in [0.25, 0.3) is 0 Å². The molecule has 0 atom stereocenters. The summed E-state index contributed by atoms with van der Waals surface area (Å²) >= 11 is 0. The van der Waals surface area contributed by atoms with Crippen LogP contribution in [0.4, 0.5) is 0 Å². The minimum absolute atomic E-state index is 0.330. The van der Waals surface area contributed by atoms with Crippen LogP contribution >= 0.6 is 0 Å². The van der Waals surface area contributed by atoms with E-state index in [1.165, 1.54) is 11.1 Å². The topological polar surface area (TPSA) is 64.5 Å². The summed E-state index contributed by atoms with van der Waals surface area (Å²) in [5.41, 5.74) is 14.3. The van der Waals surface area contributed by atoms with E-state index in [9.17, 15) is 0 Å². The van der Waals surface area contributed by atoms with Crippen molar-refractivity contribution in [3.05, 3.63) is 200 Å². The Morgan fingerprint density at radius 3 is 1.41 bits per heavy atom. The summed E-state index contributed by atoms with van der Waals surface area (Å²) in [6.45, 7) is 4.48. The maximum atomic E-state index is 5.32. The molecule has 10 rings (SSSR count). The van der Waals surface area contributed by atoms with Crippen molar-refractivity contribution < 1.29 is 0 Å². The molecule has 0 saturated carbocycles. The van der Waals surface area contributed by atoms with Crippen LogP contribution in [0.2, 0.25) is 0 Å². The number of aromatic nitrogens is 5. The smallest absolute Gasteiger partial charge is 0.164 e. The lowest BCUT2D eigenvalue weighted by Crippen LogP contribution is -2.00. The zero-order valence-electron chi connectivity index (χ0n) is 32.8. The quantitative estimate of drug-likeness (QED) is 0.144. The molecule has 10 aromatic rings. The predicted octanol–water partition coefficient (Wildman–Crippen LogP) is 13.8. The Kier molecular flexibility index (Phi) is 9.32. The standard InChI is InChI=1S/C54H39N5/c1-35(2)47-34-49(38-16-8-4-9-17-38)56-51-46(47)30-28-39-29-31-48(55-50(39)51)44-22-12-20-42(32-44)43-21-13-23-45(33-43)54-58-52(40-18-10-5-11-19-40)57-53(59-54)41-26-24-37(25-27-41)36-14-6-3-7-15-36/h3-35H,1-2H3. The van der Waals surface area contributed by atoms with Gasteiger partial charge in [-0.3, -0.25) is 0 Å². The first-order valence-electron chi connectivity index (χ1n) is 20.0. The molecule has 5 nitrogen and oxygen atoms in total. The highest BCUT2D eigenvalue weighted by Gasteiger charge is 2.16. The second-order valence-corrected chi connectivity index (χ2v) is 15.1. The Hall–Kier alpha value is -7.63. The van der Waals surface area contributed by atoms with Gasteiger partial charge in [-0.15, -0.1) is 0 Å². The third-order valence-electron chi connectivity index (χ3n) is 10.9. The molecule has 0 radical (unpaired) electrons. The molecule has 0 fully saturated rings. The number of nitrogens with zero attached hydrogens (tertiary/aromatic N) is 5. The Bertz CT molecular complexity index is 3110. The molecule has 0 unspecified atom stereocenters. The molecule has 280 valence electrons. The van der Waals surface area contributed by atoms with Crippen molar-refractivity contribution in [2.75, 3.05) is 0 Å². The monoisotopic (exact) mass is 757 g/mol. The Labute approximate surface area is 343 Å². The number of benzene rings is 7. The first-order chi connectivity index (χ1) is 29.0. The second kappa shape index (κ2) is 15.4. The van der Waals surface area contributed by atoms with Gasteiger partial charge in [-0.1, -0.05) is 184 Å². The van der Waals surface area contributed by atoms with Crippen molar-refractivity contribution in [3.8, 4) is 78.9 Å². The van der Waals surface area contributed by atoms with E-state index in [1.807, 2.05) is 42.5 Å². The van der Waals surface area contributed by atoms with Gasteiger partial charge in [0.15, 0.2) is 17.5 Å². The molecule has 5 heteroatoms. The molecule has 3 heterocycles. The fourth-order valence-corrected chi connectivity index (χ4v) is 7.78. The SMILES string of the molecule is CC(C)c1cc(-c2ccccc2)nc2c1ccc1ccc(-c3cccc(-c4cccc(-c5nc(-c6ccccc6)nc(-c6ccc(-c7ccccc7)cc6)n5)c4)c3)nc12. The van der Waals surface area contributed by atoms with E-state index >= 15 is 0 Å². The lowest BCUT2D eigenvalue weighted by atomic mass is 9.95. The van der Waals surface area contributed by atoms with Crippen LogP contribution in [0.3, 0.4) is 0 Å². The lowest BCUT2D eigenvalue weighted by Gasteiger charge is -2.15. The van der Waals surface area contributed by atoms with Gasteiger partial charge in [0.1, 0.15) is 0 Å². The highest BCUT2D eigenvalue weighted by molar-refractivity contribution is 6.05. The van der Waals surface area contributed by atoms with Gasteiger partial charge < -0.3 is 0 Å². The summed E-state index contributed by atoms with van der Waals surface area (Å²) < 4.78 is 0. The molecular weight excluding hydrogens is 719 g/mol. The van der Waals surface area contributed by atoms with Gasteiger partial charge in [-0.05, 0) is 58.0 Å². The fourth-order valence-electron chi connectivity index (χ4n) is 7.78. The minimum atomic E-state index is 0.330. The van der Waals surface area contributed by atoms with Crippen LogP contribution < -0.4 is 0 Å². The molecule has 0 aliphatic heterocycles. The van der Waals surface area contributed by atoms with Crippen molar-refractivity contribution >= 4 is 21.8 Å². The van der Waals surface area contributed by atoms with E-state index in [0.717, 1.165) is 77.7 Å². The van der Waals surface area contributed by atoms with Crippen LogP contribution in [0, 0.1) is 0 Å². The molecule has 0 aliphatic rings. The molecule has 0 amide bonds. The third-order valence-corrected chi connectivity index (χ3v) is 10.9. The molecule has 59 heavy (non-hydrogen) atoms. The number of fused-ring (bicyclic) bond motifs is 3. The Morgan fingerprint density at radius 1 is 0.305 bits per heavy atom. The van der Waals surface area contributed by atoms with Crippen LogP contribution in [0.1, 0.15) is 25.3 Å². The predicted molar refractivity (Wildman–Crippen MR) is 243 cm³/mol. The van der Waals surface area contributed by atoms with E-state index in [0.29, 0.717) is 23.4 Å². The van der Waals surface area contributed by atoms with Crippen LogP contribution in [0.25, 0.3) is 101 Å². The van der Waals surface area contributed by atoms with Gasteiger partial charge in [-0.2, -0.15) is 0 Å². The van der Waals surface area contributed by atoms with Crippen LogP contribution in [0.15, 0.2) is 194 Å². The molecule has 0 bridgehead atoms. The normalized spacial score (nSPS) is 11.4. The highest BCUT2D eigenvalue weighted by atomic mass is 15.0. The summed E-state index contributed by atoms with van der Waals surface area (Å²) in [7, 11) is 0. The van der Waals surface area contributed by atoms with Crippen LogP contribution in [0.5, 0.6) is 0 Å². The van der Waals surface area contributed by atoms with Crippen LogP contribution in [-0.4, -0.2) is 24.9 Å². The van der Waals surface area contributed by atoms with Crippen molar-refractivity contribution in [2.24, 2.45) is 0 Å². The van der Waals surface area contributed by atoms with Gasteiger partial charge in [0, 0.05) is 38.6 Å². The molecule has 0 N–H and O–H groups in total. The summed E-state index contributed by atoms with van der Waals surface area (Å²) in [4.78, 5) is 25.6. The largest absolute Gasteiger partial charge is 0.245 e. The first kappa shape index (κ1) is 35.8. The number of pyridine rings is 2. The van der Waals surface area contributed by atoms with Crippen molar-refractivity contribution in [3.63, 3.8) is 0 Å². The Balaban J connectivity index is 1.03. The number of hydrogen-bond acceptors (Lipinski definition) is 5. The lowest BCUT2D eigenvalue weighted by molar-refractivity contribution is 0.875. The van der Waals surface area contributed by atoms with Crippen molar-refractivity contribution in [2.45, 2.75) is 19.8 Å². The Morgan fingerprint density at radius 2 is 0.763 bits per heavy atom. The third kappa shape index (κ3) is 7.15. The van der Waals surface area contributed by atoms with E-state index in [4.69, 9.17) is 24.9 Å². The minimum Gasteiger partial charge on any atom is -0.245 e. The van der Waals surface area contributed by atoms with Crippen molar-refractivity contribution in [1.82, 2.24) is 24.9 Å². The van der Waals surface area contributed by atoms with Gasteiger partial charge in [0.05, 0.1) is 22.4 Å². The average molecular weight is 758 g/mol. The zero-order chi connectivity index (χ0) is 39.7. The molecular formula is C54H39N5. The number of rotatable bonds is 8. The highest BCUT2D eigenvalue weighted by Crippen LogP contribution is 2.35. The van der Waals surface area contributed by atoms with Crippen LogP contribution in [-0.2, 0) is 0 Å². The summed E-state index contributed by atoms with van der Waals surface area (Å²) in [6.07, 6.45) is 0. The maximum absolute atomic E-state index is 5.32. The van der Waals surface area contributed by atoms with Crippen molar-refractivity contribution in [1.29, 1.82) is 0 Å². The molecule has 0 saturated heterocycles. The summed E-state index contributed by atoms with van der Waals surface area (Å²) in [6, 6.07) is 67.2. The van der Waals surface area contributed by atoms with Gasteiger partial charge >= 0.3 is 0 Å². The zero-order valence-corrected chi connectivity index (χ0v) is 32.8. The number of hydrogen-bond donors (Lipinski definition) is 0. The van der Waals surface area contributed by atoms with Gasteiger partial charge in [-0.25, -0.2) is 24.9 Å². The molecule has 7 aromatic carbocycles. The van der Waals surface area contributed by atoms with Gasteiger partial charge in [0.2, 0.25) is 0 Å². The average Bonchev–Trinajstić information content (AvgIpc) is 3.31. The second-order valence-electron chi connectivity index (χ2n) is 15.1. The molecule has 3 aromatic heterocycles. The maximum Gasteiger partial charge on any atom is 0.164 e. The van der Waals surface area contributed by atoms with E-state index in [1.54, 1.807) is 0 Å². The molecule has 0 aliphatic carbocycles.